The number of aryl methyl sites for hydroxylation is 1. The Hall–Kier alpha value is -3.19. The average Bonchev–Trinajstić information content (AvgIpc) is 3.61. The van der Waals surface area contributed by atoms with Crippen LogP contribution >= 0.6 is 23.4 Å². The quantitative estimate of drug-likeness (QED) is 0.259. The molecule has 38 heavy (non-hydrogen) atoms. The maximum Gasteiger partial charge on any atom is 0.374 e. The van der Waals surface area contributed by atoms with E-state index in [1.165, 1.54) is 11.8 Å². The zero-order chi connectivity index (χ0) is 26.6. The second-order valence-corrected chi connectivity index (χ2v) is 11.2. The number of nitrogens with one attached hydrogen (secondary N) is 1. The molecule has 2 saturated heterocycles. The average molecular weight is 554 g/mol. The lowest BCUT2D eigenvalue weighted by molar-refractivity contribution is 0.0684. The van der Waals surface area contributed by atoms with Gasteiger partial charge in [0.15, 0.2) is 5.16 Å². The van der Waals surface area contributed by atoms with Crippen LogP contribution in [0.4, 0.5) is 11.6 Å². The standard InChI is InChI=1S/C25H28ClN9O2S/c1-2-16-19(26)18-20(29-16)32-25(33-23(18)35-8-6-13(28)11-35)38-14-3-4-15-17(9-14)30-21(24(36)37)31-22(15)34-7-5-12(27)10-34/h3-4,9,12-13H,2,5-8,10-11,27-28H2,1H3,(H,36,37)(H,29,32,33)/t12-,13+/m1/s1. The van der Waals surface area contributed by atoms with E-state index in [9.17, 15) is 9.90 Å². The molecule has 0 saturated carbocycles. The Balaban J connectivity index is 1.41. The largest absolute Gasteiger partial charge is 0.475 e. The number of benzene rings is 1. The van der Waals surface area contributed by atoms with Crippen LogP contribution in [-0.2, 0) is 6.42 Å². The predicted molar refractivity (Wildman–Crippen MR) is 149 cm³/mol. The van der Waals surface area contributed by atoms with E-state index in [4.69, 9.17) is 33.0 Å². The molecule has 6 N–H and O–H groups in total. The van der Waals surface area contributed by atoms with Crippen LogP contribution in [0.3, 0.4) is 0 Å². The van der Waals surface area contributed by atoms with Gasteiger partial charge in [-0.1, -0.05) is 18.5 Å². The van der Waals surface area contributed by atoms with Crippen molar-refractivity contribution in [1.29, 1.82) is 0 Å². The number of nitrogens with zero attached hydrogens (tertiary/aromatic N) is 6. The minimum atomic E-state index is -1.17. The highest BCUT2D eigenvalue weighted by Crippen LogP contribution is 2.38. The highest BCUT2D eigenvalue weighted by atomic mass is 35.5. The zero-order valence-corrected chi connectivity index (χ0v) is 22.4. The number of H-pyrrole nitrogens is 1. The summed E-state index contributed by atoms with van der Waals surface area (Å²) in [5.74, 6) is -0.0495. The van der Waals surface area contributed by atoms with E-state index >= 15 is 0 Å². The minimum absolute atomic E-state index is 0.0317. The van der Waals surface area contributed by atoms with Crippen molar-refractivity contribution >= 4 is 62.9 Å². The third-order valence-electron chi connectivity index (χ3n) is 7.07. The summed E-state index contributed by atoms with van der Waals surface area (Å²) in [6.07, 6.45) is 2.46. The molecular formula is C25H28ClN9O2S. The van der Waals surface area contributed by atoms with E-state index in [1.807, 2.05) is 30.0 Å². The molecule has 2 aliphatic heterocycles. The molecule has 6 rings (SSSR count). The molecule has 0 aliphatic carbocycles. The summed E-state index contributed by atoms with van der Waals surface area (Å²) in [4.78, 5) is 38.5. The molecule has 2 aliphatic rings. The van der Waals surface area contributed by atoms with E-state index in [1.54, 1.807) is 0 Å². The molecule has 4 aromatic rings. The maximum atomic E-state index is 11.8. The van der Waals surface area contributed by atoms with E-state index < -0.39 is 5.97 Å². The van der Waals surface area contributed by atoms with Crippen molar-refractivity contribution < 1.29 is 9.90 Å². The van der Waals surface area contributed by atoms with Crippen molar-refractivity contribution in [2.45, 2.75) is 48.3 Å². The van der Waals surface area contributed by atoms with Gasteiger partial charge < -0.3 is 31.4 Å². The lowest BCUT2D eigenvalue weighted by Gasteiger charge is -2.19. The maximum absolute atomic E-state index is 11.8. The third-order valence-corrected chi connectivity index (χ3v) is 8.35. The molecule has 0 bridgehead atoms. The van der Waals surface area contributed by atoms with E-state index in [-0.39, 0.29) is 17.9 Å². The number of nitrogens with two attached hydrogens (primary N) is 2. The highest BCUT2D eigenvalue weighted by Gasteiger charge is 2.27. The number of hydrogen-bond acceptors (Lipinski definition) is 10. The fourth-order valence-electron chi connectivity index (χ4n) is 5.15. The second kappa shape index (κ2) is 9.84. The molecule has 0 radical (unpaired) electrons. The SMILES string of the molecule is CCc1[nH]c2nc(Sc3ccc4c(N5CC[C@@H](N)C5)nc(C(=O)O)nc4c3)nc(N3CC[C@H](N)C3)c2c1Cl. The molecule has 198 valence electrons. The van der Waals surface area contributed by atoms with Crippen LogP contribution in [0.15, 0.2) is 28.3 Å². The van der Waals surface area contributed by atoms with Crippen molar-refractivity contribution in [3.05, 3.63) is 34.7 Å². The lowest BCUT2D eigenvalue weighted by Crippen LogP contribution is -2.27. The number of aromatic nitrogens is 5. The number of carboxylic acids is 1. The van der Waals surface area contributed by atoms with Gasteiger partial charge in [0.25, 0.3) is 0 Å². The van der Waals surface area contributed by atoms with Crippen LogP contribution in [0.1, 0.15) is 36.1 Å². The Bertz CT molecular complexity index is 1560. The number of halogens is 1. The lowest BCUT2D eigenvalue weighted by atomic mass is 10.2. The van der Waals surface area contributed by atoms with Crippen molar-refractivity contribution in [2.24, 2.45) is 11.5 Å². The molecule has 11 nitrogen and oxygen atoms in total. The van der Waals surface area contributed by atoms with Gasteiger partial charge >= 0.3 is 5.97 Å². The van der Waals surface area contributed by atoms with E-state index in [2.05, 4.69) is 19.9 Å². The topological polar surface area (TPSA) is 163 Å². The number of rotatable bonds is 6. The fraction of sp³-hybridized carbons (Fsp3) is 0.400. The molecule has 13 heteroatoms. The summed E-state index contributed by atoms with van der Waals surface area (Å²) in [5, 5.41) is 12.4. The number of anilines is 2. The first-order valence-corrected chi connectivity index (χ1v) is 13.8. The van der Waals surface area contributed by atoms with E-state index in [0.717, 1.165) is 59.5 Å². The van der Waals surface area contributed by atoms with Crippen LogP contribution in [0.2, 0.25) is 5.02 Å². The molecule has 0 unspecified atom stereocenters. The molecule has 2 fully saturated rings. The molecule has 0 spiro atoms. The first-order valence-electron chi connectivity index (χ1n) is 12.6. The molecular weight excluding hydrogens is 526 g/mol. The van der Waals surface area contributed by atoms with Crippen molar-refractivity contribution in [2.75, 3.05) is 36.0 Å². The Morgan fingerprint density at radius 2 is 1.82 bits per heavy atom. The van der Waals surface area contributed by atoms with Gasteiger partial charge in [-0.15, -0.1) is 0 Å². The summed E-state index contributed by atoms with van der Waals surface area (Å²) in [7, 11) is 0. The Morgan fingerprint density at radius 1 is 1.11 bits per heavy atom. The molecule has 5 heterocycles. The third kappa shape index (κ3) is 4.51. The monoisotopic (exact) mass is 553 g/mol. The van der Waals surface area contributed by atoms with Gasteiger partial charge in [0, 0.05) is 54.2 Å². The zero-order valence-electron chi connectivity index (χ0n) is 20.8. The summed E-state index contributed by atoms with van der Waals surface area (Å²) in [6.45, 7) is 4.88. The van der Waals surface area contributed by atoms with Gasteiger partial charge in [0.05, 0.1) is 15.9 Å². The Morgan fingerprint density at radius 3 is 2.45 bits per heavy atom. The van der Waals surface area contributed by atoms with Crippen molar-refractivity contribution in [1.82, 2.24) is 24.9 Å². The number of aromatic carboxylic acids is 1. The number of hydrogen-bond donors (Lipinski definition) is 4. The number of aromatic amines is 1. The Kier molecular flexibility index (Phi) is 6.50. The fourth-order valence-corrected chi connectivity index (χ4v) is 6.29. The van der Waals surface area contributed by atoms with Crippen LogP contribution in [0.25, 0.3) is 21.9 Å². The Labute approximate surface area is 228 Å². The van der Waals surface area contributed by atoms with Gasteiger partial charge in [-0.05, 0) is 49.2 Å². The molecule has 3 aromatic heterocycles. The number of carbonyl (C=O) groups is 1. The summed E-state index contributed by atoms with van der Waals surface area (Å²) in [6, 6.07) is 5.84. The van der Waals surface area contributed by atoms with Crippen LogP contribution in [-0.4, -0.2) is 74.3 Å². The molecule has 0 amide bonds. The van der Waals surface area contributed by atoms with Crippen molar-refractivity contribution in [3.63, 3.8) is 0 Å². The van der Waals surface area contributed by atoms with Gasteiger partial charge in [0.2, 0.25) is 5.82 Å². The molecule has 1 aromatic carbocycles. The number of fused-ring (bicyclic) bond motifs is 2. The minimum Gasteiger partial charge on any atom is -0.475 e. The van der Waals surface area contributed by atoms with Crippen LogP contribution in [0.5, 0.6) is 0 Å². The normalized spacial score (nSPS) is 19.8. The predicted octanol–water partition coefficient (Wildman–Crippen LogP) is 3.04. The van der Waals surface area contributed by atoms with Crippen molar-refractivity contribution in [3.8, 4) is 0 Å². The van der Waals surface area contributed by atoms with Crippen LogP contribution in [0, 0.1) is 0 Å². The summed E-state index contributed by atoms with van der Waals surface area (Å²) in [5.41, 5.74) is 14.4. The summed E-state index contributed by atoms with van der Waals surface area (Å²) < 4.78 is 0. The van der Waals surface area contributed by atoms with Gasteiger partial charge in [-0.3, -0.25) is 0 Å². The van der Waals surface area contributed by atoms with Gasteiger partial charge in [-0.2, -0.15) is 0 Å². The molecule has 2 atom stereocenters. The highest BCUT2D eigenvalue weighted by molar-refractivity contribution is 7.99. The van der Waals surface area contributed by atoms with Gasteiger partial charge in [-0.25, -0.2) is 24.7 Å². The first kappa shape index (κ1) is 25.1. The van der Waals surface area contributed by atoms with E-state index in [0.29, 0.717) is 40.3 Å². The summed E-state index contributed by atoms with van der Waals surface area (Å²) >= 11 is 8.11. The first-order chi connectivity index (χ1) is 18.3. The smallest absolute Gasteiger partial charge is 0.374 e. The second-order valence-electron chi connectivity index (χ2n) is 9.77. The van der Waals surface area contributed by atoms with Crippen LogP contribution < -0.4 is 21.3 Å². The van der Waals surface area contributed by atoms with Gasteiger partial charge in [0.1, 0.15) is 17.3 Å². The number of carboxylic acid groups (broad SMARTS) is 1.